The second-order valence-corrected chi connectivity index (χ2v) is 8.11. The third-order valence-corrected chi connectivity index (χ3v) is 6.19. The van der Waals surface area contributed by atoms with Gasteiger partial charge in [-0.15, -0.1) is 10.2 Å². The number of hydrogen-bond acceptors (Lipinski definition) is 12. The van der Waals surface area contributed by atoms with Gasteiger partial charge in [0.05, 0.1) is 75.8 Å². The van der Waals surface area contributed by atoms with Gasteiger partial charge in [-0.05, 0) is 12.1 Å². The number of nitro benzene ring substituents is 2. The van der Waals surface area contributed by atoms with E-state index >= 15 is 0 Å². The maximum absolute atomic E-state index is 12.1. The summed E-state index contributed by atoms with van der Waals surface area (Å²) in [6.45, 7) is 0. The Morgan fingerprint density at radius 1 is 0.500 bits per heavy atom. The maximum Gasteiger partial charge on any atom is 0.282 e. The maximum atomic E-state index is 12.1. The summed E-state index contributed by atoms with van der Waals surface area (Å²) in [4.78, 5) is 23.0. The van der Waals surface area contributed by atoms with E-state index in [0.717, 1.165) is 0 Å². The van der Waals surface area contributed by atoms with Gasteiger partial charge in [0.25, 0.3) is 11.4 Å². The Hall–Kier alpha value is -5.40. The number of fused-ring (bicyclic) bond motifs is 1. The molecule has 0 aliphatic rings. The van der Waals surface area contributed by atoms with E-state index in [-0.39, 0.29) is 56.9 Å². The van der Waals surface area contributed by atoms with Gasteiger partial charge in [0.1, 0.15) is 11.4 Å². The molecule has 0 radical (unpaired) electrons. The third-order valence-electron chi connectivity index (χ3n) is 6.19. The molecule has 4 aromatic rings. The second-order valence-electron chi connectivity index (χ2n) is 8.11. The lowest BCUT2D eigenvalue weighted by Crippen LogP contribution is -2.03. The van der Waals surface area contributed by atoms with Crippen LogP contribution < -0.4 is 28.4 Å². The van der Waals surface area contributed by atoms with E-state index in [2.05, 4.69) is 10.2 Å². The van der Waals surface area contributed by atoms with Crippen LogP contribution in [0.4, 0.5) is 11.4 Å². The van der Waals surface area contributed by atoms with E-state index in [1.807, 2.05) is 0 Å². The molecule has 0 spiro atoms. The van der Waals surface area contributed by atoms with Crippen molar-refractivity contribution in [3.05, 3.63) is 56.6 Å². The highest BCUT2D eigenvalue weighted by molar-refractivity contribution is 6.05. The van der Waals surface area contributed by atoms with Crippen LogP contribution in [0.3, 0.4) is 0 Å². The van der Waals surface area contributed by atoms with E-state index in [0.29, 0.717) is 22.3 Å². The van der Waals surface area contributed by atoms with E-state index in [4.69, 9.17) is 28.4 Å². The van der Waals surface area contributed by atoms with Gasteiger partial charge in [0.15, 0.2) is 34.5 Å². The van der Waals surface area contributed by atoms with Crippen LogP contribution in [0, 0.1) is 20.2 Å². The standard InChI is InChI=1S/C26H24N4O10/c1-35-19-7-13-14(8-20(19)36-2)26(16-10-22(38-4)24(40-6)12-18(16)30(33)34)28-27-25(13)15-9-21(37-3)23(39-5)11-17(15)29(31)32/h7-12H,1-6H3. The zero-order chi connectivity index (χ0) is 29.1. The number of nitrogens with zero attached hydrogens (tertiary/aromatic N) is 4. The molecule has 0 N–H and O–H groups in total. The molecule has 3 aromatic carbocycles. The molecule has 0 fully saturated rings. The van der Waals surface area contributed by atoms with Crippen molar-refractivity contribution < 1.29 is 38.3 Å². The summed E-state index contributed by atoms with van der Waals surface area (Å²) in [5.74, 6) is 1.32. The zero-order valence-corrected chi connectivity index (χ0v) is 22.3. The molecule has 0 atom stereocenters. The lowest BCUT2D eigenvalue weighted by Gasteiger charge is -2.16. The first-order chi connectivity index (χ1) is 19.2. The fourth-order valence-corrected chi connectivity index (χ4v) is 4.29. The lowest BCUT2D eigenvalue weighted by molar-refractivity contribution is -0.384. The van der Waals surface area contributed by atoms with Crippen LogP contribution in [0.5, 0.6) is 34.5 Å². The molecule has 14 nitrogen and oxygen atoms in total. The molecule has 40 heavy (non-hydrogen) atoms. The Morgan fingerprint density at radius 2 is 0.775 bits per heavy atom. The van der Waals surface area contributed by atoms with Crippen LogP contribution in [0.2, 0.25) is 0 Å². The fourth-order valence-electron chi connectivity index (χ4n) is 4.29. The first-order valence-electron chi connectivity index (χ1n) is 11.5. The molecule has 0 saturated heterocycles. The number of nitro groups is 2. The predicted molar refractivity (Wildman–Crippen MR) is 143 cm³/mol. The van der Waals surface area contributed by atoms with Crippen molar-refractivity contribution in [1.82, 2.24) is 10.2 Å². The van der Waals surface area contributed by atoms with Crippen molar-refractivity contribution in [3.8, 4) is 57.0 Å². The molecule has 1 heterocycles. The minimum absolute atomic E-state index is 0.0701. The average molecular weight is 552 g/mol. The van der Waals surface area contributed by atoms with Gasteiger partial charge in [-0.1, -0.05) is 0 Å². The van der Waals surface area contributed by atoms with Crippen molar-refractivity contribution in [2.45, 2.75) is 0 Å². The van der Waals surface area contributed by atoms with Crippen molar-refractivity contribution in [2.24, 2.45) is 0 Å². The summed E-state index contributed by atoms with van der Waals surface area (Å²) in [6, 6.07) is 8.39. The molecule has 4 rings (SSSR count). The van der Waals surface area contributed by atoms with Gasteiger partial charge in [-0.25, -0.2) is 0 Å². The molecular weight excluding hydrogens is 528 g/mol. The van der Waals surface area contributed by atoms with Gasteiger partial charge < -0.3 is 28.4 Å². The normalized spacial score (nSPS) is 10.7. The van der Waals surface area contributed by atoms with Crippen molar-refractivity contribution in [2.75, 3.05) is 42.7 Å². The largest absolute Gasteiger partial charge is 0.493 e. The number of benzene rings is 3. The Kier molecular flexibility index (Phi) is 7.70. The molecular formula is C26H24N4O10. The molecule has 208 valence electrons. The van der Waals surface area contributed by atoms with Crippen molar-refractivity contribution in [1.29, 1.82) is 0 Å². The molecule has 0 bridgehead atoms. The number of aromatic nitrogens is 2. The summed E-state index contributed by atoms with van der Waals surface area (Å²) in [7, 11) is 8.36. The summed E-state index contributed by atoms with van der Waals surface area (Å²) in [5, 5.41) is 33.5. The minimum atomic E-state index is -0.585. The highest BCUT2D eigenvalue weighted by atomic mass is 16.6. The molecule has 0 aliphatic heterocycles. The van der Waals surface area contributed by atoms with Gasteiger partial charge in [-0.2, -0.15) is 0 Å². The van der Waals surface area contributed by atoms with Gasteiger partial charge in [-0.3, -0.25) is 20.2 Å². The van der Waals surface area contributed by atoms with Crippen molar-refractivity contribution >= 4 is 22.1 Å². The predicted octanol–water partition coefficient (Wildman–Crippen LogP) is 4.83. The van der Waals surface area contributed by atoms with Crippen LogP contribution in [0.25, 0.3) is 33.3 Å². The number of methoxy groups -OCH3 is 6. The molecule has 0 amide bonds. The molecule has 0 aliphatic carbocycles. The van der Waals surface area contributed by atoms with Gasteiger partial charge in [0, 0.05) is 22.9 Å². The summed E-state index contributed by atoms with van der Waals surface area (Å²) < 4.78 is 32.2. The monoisotopic (exact) mass is 552 g/mol. The summed E-state index contributed by atoms with van der Waals surface area (Å²) in [5.41, 5.74) is -0.326. The average Bonchev–Trinajstić information content (AvgIpc) is 2.97. The first kappa shape index (κ1) is 27.6. The molecule has 14 heteroatoms. The smallest absolute Gasteiger partial charge is 0.282 e. The number of hydrogen-bond donors (Lipinski definition) is 0. The first-order valence-corrected chi connectivity index (χ1v) is 11.5. The van der Waals surface area contributed by atoms with E-state index in [9.17, 15) is 20.2 Å². The van der Waals surface area contributed by atoms with Crippen LogP contribution in [0.1, 0.15) is 0 Å². The van der Waals surface area contributed by atoms with Gasteiger partial charge >= 0.3 is 0 Å². The molecule has 1 aromatic heterocycles. The molecule has 0 saturated carbocycles. The van der Waals surface area contributed by atoms with Gasteiger partial charge in [0.2, 0.25) is 0 Å². The van der Waals surface area contributed by atoms with E-state index in [1.54, 1.807) is 12.1 Å². The summed E-state index contributed by atoms with van der Waals surface area (Å²) in [6.07, 6.45) is 0. The third kappa shape index (κ3) is 4.66. The number of rotatable bonds is 10. The van der Waals surface area contributed by atoms with E-state index < -0.39 is 9.85 Å². The Labute approximate surface area is 227 Å². The highest BCUT2D eigenvalue weighted by Gasteiger charge is 2.28. The quantitative estimate of drug-likeness (QED) is 0.194. The van der Waals surface area contributed by atoms with Crippen LogP contribution in [-0.2, 0) is 0 Å². The Morgan fingerprint density at radius 3 is 1.05 bits per heavy atom. The molecule has 0 unspecified atom stereocenters. The Balaban J connectivity index is 2.17. The second kappa shape index (κ2) is 11.1. The SMILES string of the molecule is COc1cc(-c2nnc(-c3cc(OC)c(OC)cc3[N+](=O)[O-])c3cc(OC)c(OC)cc23)c([N+](=O)[O-])cc1OC. The minimum Gasteiger partial charge on any atom is -0.493 e. The summed E-state index contributed by atoms with van der Waals surface area (Å²) >= 11 is 0. The van der Waals surface area contributed by atoms with Crippen LogP contribution in [0.15, 0.2) is 36.4 Å². The Bertz CT molecular complexity index is 1520. The number of ether oxygens (including phenoxy) is 6. The fraction of sp³-hybridized carbons (Fsp3) is 0.231. The van der Waals surface area contributed by atoms with Crippen molar-refractivity contribution in [3.63, 3.8) is 0 Å². The van der Waals surface area contributed by atoms with Crippen LogP contribution in [-0.4, -0.2) is 62.7 Å². The lowest BCUT2D eigenvalue weighted by atomic mass is 9.97. The van der Waals surface area contributed by atoms with E-state index in [1.165, 1.54) is 66.9 Å². The topological polar surface area (TPSA) is 167 Å². The highest BCUT2D eigenvalue weighted by Crippen LogP contribution is 2.47. The zero-order valence-electron chi connectivity index (χ0n) is 22.3. The van der Waals surface area contributed by atoms with Crippen LogP contribution >= 0.6 is 0 Å².